The summed E-state index contributed by atoms with van der Waals surface area (Å²) in [6, 6.07) is 27.3. The van der Waals surface area contributed by atoms with E-state index in [2.05, 4.69) is 27.0 Å². The number of ether oxygens (including phenoxy) is 2. The number of fused-ring (bicyclic) bond motifs is 2. The first kappa shape index (κ1) is 23.6. The van der Waals surface area contributed by atoms with Crippen LogP contribution in [0.5, 0.6) is 5.75 Å². The lowest BCUT2D eigenvalue weighted by Gasteiger charge is -2.16. The number of pyridine rings is 1. The molecule has 0 N–H and O–H groups in total. The number of rotatable bonds is 7. The van der Waals surface area contributed by atoms with Gasteiger partial charge in [-0.05, 0) is 59.8 Å². The van der Waals surface area contributed by atoms with Crippen molar-refractivity contribution < 1.29 is 14.3 Å². The predicted molar refractivity (Wildman–Crippen MR) is 142 cm³/mol. The number of carbonyl (C=O) groups excluding carboxylic acids is 1. The second kappa shape index (κ2) is 10.2. The van der Waals surface area contributed by atoms with Crippen molar-refractivity contribution in [3.63, 3.8) is 0 Å². The third-order valence-electron chi connectivity index (χ3n) is 5.89. The summed E-state index contributed by atoms with van der Waals surface area (Å²) in [5, 5.41) is 12.1. The lowest BCUT2D eigenvalue weighted by molar-refractivity contribution is 0.0515. The van der Waals surface area contributed by atoms with Gasteiger partial charge in [0.15, 0.2) is 0 Å². The number of hydrogen-bond donors (Lipinski definition) is 0. The average Bonchev–Trinajstić information content (AvgIpc) is 3.25. The van der Waals surface area contributed by atoms with E-state index in [9.17, 15) is 10.1 Å². The van der Waals surface area contributed by atoms with Crippen molar-refractivity contribution in [1.82, 2.24) is 9.55 Å². The van der Waals surface area contributed by atoms with Crippen LogP contribution in [-0.2, 0) is 17.9 Å². The maximum Gasteiger partial charge on any atom is 0.355 e. The lowest BCUT2D eigenvalue weighted by atomic mass is 10.0. The van der Waals surface area contributed by atoms with Gasteiger partial charge in [-0.2, -0.15) is 5.26 Å². The highest BCUT2D eigenvalue weighted by atomic mass is 79.9. The standard InChI is InChI=1S/C29H22BrN3O3/c1-2-35-29(34)25-15-21-11-12-24(16-31)32-28(21)33(25)17-22-14-23(30)13-20-9-6-10-26(27(20)22)36-18-19-7-4-3-5-8-19/h3-15H,2,17-18H2,1H3. The molecule has 0 aliphatic rings. The molecule has 0 unspecified atom stereocenters. The third kappa shape index (κ3) is 4.68. The molecular formula is C29H22BrN3O3. The number of halogens is 1. The zero-order valence-corrected chi connectivity index (χ0v) is 21.2. The minimum Gasteiger partial charge on any atom is -0.488 e. The average molecular weight is 540 g/mol. The van der Waals surface area contributed by atoms with Crippen LogP contribution in [0.3, 0.4) is 0 Å². The number of benzene rings is 3. The van der Waals surface area contributed by atoms with Gasteiger partial charge in [0.05, 0.1) is 13.2 Å². The van der Waals surface area contributed by atoms with E-state index < -0.39 is 5.97 Å². The number of hydrogen-bond acceptors (Lipinski definition) is 5. The molecule has 5 aromatic rings. The van der Waals surface area contributed by atoms with E-state index in [0.29, 0.717) is 24.5 Å². The fourth-order valence-electron chi connectivity index (χ4n) is 4.32. The zero-order valence-electron chi connectivity index (χ0n) is 19.6. The Morgan fingerprint density at radius 2 is 1.86 bits per heavy atom. The van der Waals surface area contributed by atoms with Gasteiger partial charge < -0.3 is 14.0 Å². The van der Waals surface area contributed by atoms with Gasteiger partial charge in [0, 0.05) is 15.2 Å². The molecule has 0 aliphatic carbocycles. The second-order valence-electron chi connectivity index (χ2n) is 8.25. The van der Waals surface area contributed by atoms with Crippen LogP contribution in [0.1, 0.15) is 34.2 Å². The fraction of sp³-hybridized carbons (Fsp3) is 0.138. The minimum atomic E-state index is -0.436. The number of esters is 1. The summed E-state index contributed by atoms with van der Waals surface area (Å²) in [5.41, 5.74) is 3.22. The van der Waals surface area contributed by atoms with Crippen molar-refractivity contribution in [2.24, 2.45) is 0 Å². The van der Waals surface area contributed by atoms with Crippen LogP contribution in [0.2, 0.25) is 0 Å². The van der Waals surface area contributed by atoms with E-state index in [4.69, 9.17) is 9.47 Å². The summed E-state index contributed by atoms with van der Waals surface area (Å²) >= 11 is 3.63. The van der Waals surface area contributed by atoms with Gasteiger partial charge in [0.1, 0.15) is 35.5 Å². The number of nitrogens with zero attached hydrogens (tertiary/aromatic N) is 3. The normalized spacial score (nSPS) is 10.9. The van der Waals surface area contributed by atoms with Crippen LogP contribution in [0.15, 0.2) is 83.3 Å². The molecule has 7 heteroatoms. The molecule has 36 heavy (non-hydrogen) atoms. The Morgan fingerprint density at radius 1 is 1.03 bits per heavy atom. The maximum absolute atomic E-state index is 12.9. The number of nitriles is 1. The monoisotopic (exact) mass is 539 g/mol. The summed E-state index contributed by atoms with van der Waals surface area (Å²) in [4.78, 5) is 17.4. The lowest BCUT2D eigenvalue weighted by Crippen LogP contribution is -2.13. The van der Waals surface area contributed by atoms with Crippen molar-refractivity contribution in [3.8, 4) is 11.8 Å². The molecule has 178 valence electrons. The van der Waals surface area contributed by atoms with E-state index in [1.54, 1.807) is 25.1 Å². The fourth-order valence-corrected chi connectivity index (χ4v) is 4.84. The Balaban J connectivity index is 1.64. The highest BCUT2D eigenvalue weighted by molar-refractivity contribution is 9.10. The van der Waals surface area contributed by atoms with E-state index in [-0.39, 0.29) is 12.3 Å². The van der Waals surface area contributed by atoms with E-state index in [1.807, 2.05) is 65.2 Å². The predicted octanol–water partition coefficient (Wildman–Crippen LogP) is 6.63. The maximum atomic E-state index is 12.9. The van der Waals surface area contributed by atoms with Crippen LogP contribution < -0.4 is 4.74 Å². The molecule has 2 heterocycles. The minimum absolute atomic E-state index is 0.258. The first-order valence-electron chi connectivity index (χ1n) is 11.5. The van der Waals surface area contributed by atoms with Crippen molar-refractivity contribution in [1.29, 1.82) is 5.26 Å². The van der Waals surface area contributed by atoms with Gasteiger partial charge in [-0.1, -0.05) is 58.4 Å². The van der Waals surface area contributed by atoms with Gasteiger partial charge in [-0.3, -0.25) is 0 Å². The van der Waals surface area contributed by atoms with Gasteiger partial charge in [-0.15, -0.1) is 0 Å². The van der Waals surface area contributed by atoms with E-state index in [0.717, 1.165) is 37.5 Å². The van der Waals surface area contributed by atoms with E-state index in [1.165, 1.54) is 0 Å². The summed E-state index contributed by atoms with van der Waals surface area (Å²) in [5.74, 6) is 0.313. The van der Waals surface area contributed by atoms with Gasteiger partial charge in [0.2, 0.25) is 0 Å². The molecule has 0 amide bonds. The SMILES string of the molecule is CCOC(=O)c1cc2ccc(C#N)nc2n1Cc1cc(Br)cc2cccc(OCc3ccccc3)c12. The van der Waals surface area contributed by atoms with Gasteiger partial charge in [0.25, 0.3) is 0 Å². The van der Waals surface area contributed by atoms with Crippen LogP contribution >= 0.6 is 15.9 Å². The first-order valence-corrected chi connectivity index (χ1v) is 12.3. The molecule has 0 atom stereocenters. The van der Waals surface area contributed by atoms with Crippen molar-refractivity contribution in [3.05, 3.63) is 106 Å². The Bertz CT molecular complexity index is 1620. The second-order valence-corrected chi connectivity index (χ2v) is 9.17. The summed E-state index contributed by atoms with van der Waals surface area (Å²) in [6.07, 6.45) is 0. The Kier molecular flexibility index (Phi) is 6.70. The van der Waals surface area contributed by atoms with Gasteiger partial charge in [-0.25, -0.2) is 9.78 Å². The largest absolute Gasteiger partial charge is 0.488 e. The smallest absolute Gasteiger partial charge is 0.355 e. The highest BCUT2D eigenvalue weighted by Gasteiger charge is 2.20. The number of carbonyl (C=O) groups is 1. The Labute approximate surface area is 216 Å². The molecule has 0 saturated heterocycles. The van der Waals surface area contributed by atoms with Gasteiger partial charge >= 0.3 is 5.97 Å². The summed E-state index contributed by atoms with van der Waals surface area (Å²) < 4.78 is 14.3. The summed E-state index contributed by atoms with van der Waals surface area (Å²) in [6.45, 7) is 2.80. The molecule has 2 aromatic heterocycles. The quantitative estimate of drug-likeness (QED) is 0.217. The van der Waals surface area contributed by atoms with Crippen molar-refractivity contribution in [2.45, 2.75) is 20.1 Å². The Morgan fingerprint density at radius 3 is 2.64 bits per heavy atom. The van der Waals surface area contributed by atoms with E-state index >= 15 is 0 Å². The topological polar surface area (TPSA) is 77.1 Å². The van der Waals surface area contributed by atoms with Crippen molar-refractivity contribution >= 4 is 43.7 Å². The third-order valence-corrected chi connectivity index (χ3v) is 6.35. The highest BCUT2D eigenvalue weighted by Crippen LogP contribution is 2.34. The van der Waals surface area contributed by atoms with Crippen LogP contribution in [0, 0.1) is 11.3 Å². The van der Waals surface area contributed by atoms with Crippen molar-refractivity contribution in [2.75, 3.05) is 6.61 Å². The van der Waals surface area contributed by atoms with Crippen LogP contribution in [0.4, 0.5) is 0 Å². The number of aromatic nitrogens is 2. The Hall–Kier alpha value is -4.15. The molecule has 0 fully saturated rings. The zero-order chi connectivity index (χ0) is 25.1. The molecule has 3 aromatic carbocycles. The molecule has 0 bridgehead atoms. The van der Waals surface area contributed by atoms with Crippen LogP contribution in [0.25, 0.3) is 21.8 Å². The molecular weight excluding hydrogens is 518 g/mol. The molecule has 5 rings (SSSR count). The molecule has 0 saturated carbocycles. The van der Waals surface area contributed by atoms with Crippen LogP contribution in [-0.4, -0.2) is 22.1 Å². The molecule has 6 nitrogen and oxygen atoms in total. The molecule has 0 spiro atoms. The molecule has 0 aliphatic heterocycles. The first-order chi connectivity index (χ1) is 17.6. The molecule has 0 radical (unpaired) electrons. The summed E-state index contributed by atoms with van der Waals surface area (Å²) in [7, 11) is 0.